The van der Waals surface area contributed by atoms with Crippen LogP contribution in [-0.4, -0.2) is 0 Å². The van der Waals surface area contributed by atoms with E-state index in [0.29, 0.717) is 0 Å². The van der Waals surface area contributed by atoms with Crippen LogP contribution < -0.4 is 5.32 Å². The van der Waals surface area contributed by atoms with Crippen LogP contribution in [0.2, 0.25) is 0 Å². The number of hydrogen-bond donors (Lipinski definition) is 0. The van der Waals surface area contributed by atoms with Gasteiger partial charge in [0.1, 0.15) is 6.04 Å². The van der Waals surface area contributed by atoms with Gasteiger partial charge < -0.3 is 0 Å². The smallest absolute Gasteiger partial charge is 0.140 e. The first-order chi connectivity index (χ1) is 8.92. The van der Waals surface area contributed by atoms with Crippen molar-refractivity contribution in [2.45, 2.75) is 6.04 Å². The second-order valence-corrected chi connectivity index (χ2v) is 4.42. The number of hydrogen-bond acceptors (Lipinski definition) is 2. The van der Waals surface area contributed by atoms with Gasteiger partial charge in [0, 0.05) is 11.1 Å². The highest BCUT2D eigenvalue weighted by Crippen LogP contribution is 2.43. The summed E-state index contributed by atoms with van der Waals surface area (Å²) in [4.78, 5) is 0. The summed E-state index contributed by atoms with van der Waals surface area (Å²) in [6.07, 6.45) is 2.10. The molecule has 2 heterocycles. The maximum absolute atomic E-state index is 4.64. The van der Waals surface area contributed by atoms with Gasteiger partial charge in [-0.25, -0.2) is 0 Å². The fourth-order valence-corrected chi connectivity index (χ4v) is 2.39. The first kappa shape index (κ1) is 9.59. The van der Waals surface area contributed by atoms with Gasteiger partial charge in [-0.2, -0.15) is 10.2 Å². The Morgan fingerprint density at radius 1 is 0.833 bits per heavy atom. The second-order valence-electron chi connectivity index (χ2n) is 4.42. The van der Waals surface area contributed by atoms with Crippen molar-refractivity contribution in [1.29, 1.82) is 0 Å². The minimum Gasteiger partial charge on any atom is -0.250 e. The summed E-state index contributed by atoms with van der Waals surface area (Å²) in [5.41, 5.74) is 5.25. The summed E-state index contributed by atoms with van der Waals surface area (Å²) in [5.74, 6) is 0. The van der Waals surface area contributed by atoms with Crippen molar-refractivity contribution in [3.05, 3.63) is 65.4 Å². The Balaban J connectivity index is 1.75. The maximum atomic E-state index is 4.64. The van der Waals surface area contributed by atoms with E-state index in [1.54, 1.807) is 0 Å². The average Bonchev–Trinajstić information content (AvgIpc) is 3.02. The van der Waals surface area contributed by atoms with Gasteiger partial charge in [0.25, 0.3) is 0 Å². The van der Waals surface area contributed by atoms with E-state index < -0.39 is 0 Å². The molecule has 2 aromatic rings. The molecule has 2 aliphatic rings. The highest BCUT2D eigenvalue weighted by Gasteiger charge is 2.28. The van der Waals surface area contributed by atoms with E-state index in [0.717, 1.165) is 28.2 Å². The normalized spacial score (nSPS) is 19.1. The number of nitrogens with zero attached hydrogens (tertiary/aromatic N) is 3. The van der Waals surface area contributed by atoms with E-state index in [-0.39, 0.29) is 6.04 Å². The van der Waals surface area contributed by atoms with Gasteiger partial charge in [-0.05, 0) is 18.2 Å². The molecule has 0 bridgehead atoms. The summed E-state index contributed by atoms with van der Waals surface area (Å²) >= 11 is 0. The monoisotopic (exact) mass is 232 g/mol. The molecule has 3 heteroatoms. The van der Waals surface area contributed by atoms with Gasteiger partial charge in [0.15, 0.2) is 0 Å². The van der Waals surface area contributed by atoms with Crippen LogP contribution >= 0.6 is 0 Å². The van der Waals surface area contributed by atoms with Crippen LogP contribution in [0.25, 0.3) is 6.08 Å². The number of azo groups is 1. The van der Waals surface area contributed by atoms with Crippen LogP contribution in [0.5, 0.6) is 0 Å². The van der Waals surface area contributed by atoms with E-state index >= 15 is 0 Å². The molecule has 0 spiro atoms. The molecule has 0 aliphatic carbocycles. The van der Waals surface area contributed by atoms with Crippen molar-refractivity contribution < 1.29 is 0 Å². The molecule has 18 heavy (non-hydrogen) atoms. The zero-order valence-corrected chi connectivity index (χ0v) is 9.62. The lowest BCUT2D eigenvalue weighted by atomic mass is 10.0. The minimum atomic E-state index is -0.0476. The third-order valence-corrected chi connectivity index (χ3v) is 3.28. The van der Waals surface area contributed by atoms with Crippen LogP contribution in [-0.2, 0) is 0 Å². The summed E-state index contributed by atoms with van der Waals surface area (Å²) in [6, 6.07) is 16.1. The van der Waals surface area contributed by atoms with Gasteiger partial charge in [0.05, 0.1) is 17.1 Å². The molecular weight excluding hydrogens is 222 g/mol. The van der Waals surface area contributed by atoms with Gasteiger partial charge in [-0.3, -0.25) is 5.32 Å². The van der Waals surface area contributed by atoms with Crippen molar-refractivity contribution in [2.75, 3.05) is 0 Å². The van der Waals surface area contributed by atoms with Gasteiger partial charge in [-0.1, -0.05) is 36.4 Å². The molecule has 1 radical (unpaired) electrons. The third kappa shape index (κ3) is 1.31. The van der Waals surface area contributed by atoms with Crippen LogP contribution in [0.3, 0.4) is 0 Å². The van der Waals surface area contributed by atoms with E-state index in [2.05, 4.69) is 33.8 Å². The first-order valence-corrected chi connectivity index (χ1v) is 5.94. The molecule has 85 valence electrons. The van der Waals surface area contributed by atoms with Crippen LogP contribution in [0.15, 0.2) is 64.5 Å². The lowest BCUT2D eigenvalue weighted by molar-refractivity contribution is 0.791. The van der Waals surface area contributed by atoms with Gasteiger partial charge in [-0.15, -0.1) is 0 Å². The SMILES string of the molecule is C1=C(C2N=Nc3ccccc32)[N]c2ccccc21. The molecule has 2 aliphatic heterocycles. The van der Waals surface area contributed by atoms with Crippen LogP contribution in [0.1, 0.15) is 17.2 Å². The van der Waals surface area contributed by atoms with E-state index in [1.165, 1.54) is 0 Å². The lowest BCUT2D eigenvalue weighted by Gasteiger charge is -2.08. The Labute approximate surface area is 105 Å². The Bertz CT molecular complexity index is 686. The minimum absolute atomic E-state index is 0.0476. The summed E-state index contributed by atoms with van der Waals surface area (Å²) in [6.45, 7) is 0. The standard InChI is InChI=1S/C15H10N3/c1-3-7-12-10(5-1)9-14(16-12)15-11-6-2-4-8-13(11)17-18-15/h1-9,15H. The van der Waals surface area contributed by atoms with Crippen LogP contribution in [0, 0.1) is 0 Å². The number of para-hydroxylation sites is 1. The number of benzene rings is 2. The topological polar surface area (TPSA) is 38.8 Å². The van der Waals surface area contributed by atoms with Crippen molar-refractivity contribution >= 4 is 17.5 Å². The molecule has 0 aromatic heterocycles. The summed E-state index contributed by atoms with van der Waals surface area (Å²) < 4.78 is 0. The van der Waals surface area contributed by atoms with Crippen molar-refractivity contribution in [3.8, 4) is 0 Å². The van der Waals surface area contributed by atoms with Crippen molar-refractivity contribution in [3.63, 3.8) is 0 Å². The summed E-state index contributed by atoms with van der Waals surface area (Å²) in [7, 11) is 0. The lowest BCUT2D eigenvalue weighted by Crippen LogP contribution is -2.02. The van der Waals surface area contributed by atoms with E-state index in [4.69, 9.17) is 0 Å². The maximum Gasteiger partial charge on any atom is 0.140 e. The predicted molar refractivity (Wildman–Crippen MR) is 69.9 cm³/mol. The highest BCUT2D eigenvalue weighted by atomic mass is 15.2. The predicted octanol–water partition coefficient (Wildman–Crippen LogP) is 4.12. The first-order valence-electron chi connectivity index (χ1n) is 5.94. The molecule has 0 amide bonds. The molecule has 0 fully saturated rings. The highest BCUT2D eigenvalue weighted by molar-refractivity contribution is 5.73. The molecule has 1 atom stereocenters. The van der Waals surface area contributed by atoms with E-state index in [1.807, 2.05) is 36.4 Å². The molecule has 1 unspecified atom stereocenters. The van der Waals surface area contributed by atoms with Crippen LogP contribution in [0.4, 0.5) is 11.4 Å². The van der Waals surface area contributed by atoms with Gasteiger partial charge >= 0.3 is 0 Å². The molecule has 3 nitrogen and oxygen atoms in total. The Kier molecular flexibility index (Phi) is 1.88. The Morgan fingerprint density at radius 2 is 1.61 bits per heavy atom. The molecule has 4 rings (SSSR count). The second kappa shape index (κ2) is 3.53. The zero-order chi connectivity index (χ0) is 11.9. The fraction of sp³-hybridized carbons (Fsp3) is 0.0667. The summed E-state index contributed by atoms with van der Waals surface area (Å²) in [5, 5.41) is 13.2. The Hall–Kier alpha value is -2.42. The van der Waals surface area contributed by atoms with Crippen molar-refractivity contribution in [1.82, 2.24) is 5.32 Å². The van der Waals surface area contributed by atoms with E-state index in [9.17, 15) is 0 Å². The average molecular weight is 232 g/mol. The Morgan fingerprint density at radius 3 is 2.50 bits per heavy atom. The molecular formula is C15H10N3. The third-order valence-electron chi connectivity index (χ3n) is 3.28. The molecule has 0 N–H and O–H groups in total. The van der Waals surface area contributed by atoms with Crippen molar-refractivity contribution in [2.24, 2.45) is 10.2 Å². The van der Waals surface area contributed by atoms with Gasteiger partial charge in [0.2, 0.25) is 0 Å². The molecule has 0 saturated heterocycles. The number of rotatable bonds is 1. The number of fused-ring (bicyclic) bond motifs is 2. The zero-order valence-electron chi connectivity index (χ0n) is 9.62. The fourth-order valence-electron chi connectivity index (χ4n) is 2.39. The quantitative estimate of drug-likeness (QED) is 0.709. The molecule has 0 saturated carbocycles. The molecule has 2 aromatic carbocycles. The largest absolute Gasteiger partial charge is 0.250 e.